The van der Waals surface area contributed by atoms with Crippen LogP contribution in [-0.2, 0) is 0 Å². The number of alkyl halides is 2. The summed E-state index contributed by atoms with van der Waals surface area (Å²) in [5, 5.41) is 3.31. The third kappa shape index (κ3) is 3.74. The Morgan fingerprint density at radius 2 is 2.10 bits per heavy atom. The molecule has 0 aliphatic heterocycles. The molecule has 1 saturated carbocycles. The zero-order valence-corrected chi connectivity index (χ0v) is 12.1. The van der Waals surface area contributed by atoms with Crippen molar-refractivity contribution < 1.29 is 18.3 Å². The normalized spacial score (nSPS) is 21.0. The van der Waals surface area contributed by atoms with Crippen molar-refractivity contribution in [2.75, 3.05) is 12.4 Å². The van der Waals surface area contributed by atoms with Crippen LogP contribution in [0.4, 0.5) is 14.5 Å². The lowest BCUT2D eigenvalue weighted by Gasteiger charge is -2.20. The van der Waals surface area contributed by atoms with Crippen LogP contribution in [0.5, 0.6) is 11.5 Å². The van der Waals surface area contributed by atoms with Gasteiger partial charge in [-0.25, -0.2) is 0 Å². The average Bonchev–Trinajstić information content (AvgIpc) is 2.70. The van der Waals surface area contributed by atoms with Gasteiger partial charge in [0.25, 0.3) is 0 Å². The summed E-state index contributed by atoms with van der Waals surface area (Å²) in [4.78, 5) is 0. The van der Waals surface area contributed by atoms with Gasteiger partial charge in [0.1, 0.15) is 11.5 Å². The first-order valence-corrected chi connectivity index (χ1v) is 6.79. The van der Waals surface area contributed by atoms with Gasteiger partial charge >= 0.3 is 6.61 Å². The topological polar surface area (TPSA) is 30.5 Å². The summed E-state index contributed by atoms with van der Waals surface area (Å²) in [6.45, 7) is 1.61. The second-order valence-corrected chi connectivity index (χ2v) is 5.99. The molecule has 1 atom stereocenters. The van der Waals surface area contributed by atoms with Crippen molar-refractivity contribution in [3.05, 3.63) is 18.2 Å². The minimum absolute atomic E-state index is 0.158. The van der Waals surface area contributed by atoms with Crippen LogP contribution in [0.2, 0.25) is 0 Å². The molecule has 0 heterocycles. The molecular formula is C15H21F2NO2. The zero-order valence-electron chi connectivity index (χ0n) is 12.1. The fourth-order valence-electron chi connectivity index (χ4n) is 2.73. The van der Waals surface area contributed by atoms with Gasteiger partial charge in [-0.15, -0.1) is 0 Å². The van der Waals surface area contributed by atoms with E-state index < -0.39 is 6.61 Å². The molecule has 0 spiro atoms. The molecule has 0 aromatic heterocycles. The lowest BCUT2D eigenvalue weighted by atomic mass is 9.92. The Bertz CT molecular complexity index is 463. The summed E-state index contributed by atoms with van der Waals surface area (Å²) in [5.41, 5.74) is 0.854. The maximum atomic E-state index is 12.4. The van der Waals surface area contributed by atoms with Crippen LogP contribution < -0.4 is 14.8 Å². The van der Waals surface area contributed by atoms with Gasteiger partial charge in [0, 0.05) is 12.1 Å². The Morgan fingerprint density at radius 3 is 2.65 bits per heavy atom. The number of ether oxygens (including phenoxy) is 2. The van der Waals surface area contributed by atoms with Crippen LogP contribution in [0.25, 0.3) is 0 Å². The smallest absolute Gasteiger partial charge is 0.387 e. The summed E-state index contributed by atoms with van der Waals surface area (Å²) in [6.07, 6.45) is 3.16. The first-order valence-electron chi connectivity index (χ1n) is 6.79. The summed E-state index contributed by atoms with van der Waals surface area (Å²) < 4.78 is 34.6. The number of rotatable bonds is 5. The number of halogens is 2. The van der Waals surface area contributed by atoms with Crippen molar-refractivity contribution >= 4 is 5.69 Å². The molecule has 1 aromatic carbocycles. The van der Waals surface area contributed by atoms with Crippen molar-refractivity contribution in [3.63, 3.8) is 0 Å². The second kappa shape index (κ2) is 5.85. The SMILES string of the molecule is COc1ccc(OC(F)F)c(NC2CCC(C)(C)C2)c1. The van der Waals surface area contributed by atoms with Crippen molar-refractivity contribution in [2.24, 2.45) is 5.41 Å². The Kier molecular flexibility index (Phi) is 4.35. The summed E-state index contributed by atoms with van der Waals surface area (Å²) in [6, 6.07) is 5.09. The maximum Gasteiger partial charge on any atom is 0.387 e. The minimum Gasteiger partial charge on any atom is -0.497 e. The number of hydrogen-bond acceptors (Lipinski definition) is 3. The predicted molar refractivity (Wildman–Crippen MR) is 74.7 cm³/mol. The molecule has 1 fully saturated rings. The van der Waals surface area contributed by atoms with E-state index in [-0.39, 0.29) is 11.8 Å². The quantitative estimate of drug-likeness (QED) is 0.875. The molecule has 1 N–H and O–H groups in total. The van der Waals surface area contributed by atoms with Gasteiger partial charge in [-0.3, -0.25) is 0 Å². The number of benzene rings is 1. The average molecular weight is 285 g/mol. The molecule has 20 heavy (non-hydrogen) atoms. The first kappa shape index (κ1) is 14.9. The van der Waals surface area contributed by atoms with Crippen LogP contribution in [0, 0.1) is 5.41 Å². The molecule has 0 amide bonds. The molecule has 1 unspecified atom stereocenters. The highest BCUT2D eigenvalue weighted by Crippen LogP contribution is 2.40. The van der Waals surface area contributed by atoms with Crippen molar-refractivity contribution in [3.8, 4) is 11.5 Å². The third-order valence-corrected chi connectivity index (χ3v) is 3.73. The number of anilines is 1. The van der Waals surface area contributed by atoms with Crippen molar-refractivity contribution in [1.82, 2.24) is 0 Å². The van der Waals surface area contributed by atoms with E-state index in [4.69, 9.17) is 4.74 Å². The molecule has 2 rings (SSSR count). The lowest BCUT2D eigenvalue weighted by molar-refractivity contribution is -0.0494. The minimum atomic E-state index is -2.83. The van der Waals surface area contributed by atoms with E-state index in [1.807, 2.05) is 0 Å². The van der Waals surface area contributed by atoms with Gasteiger partial charge in [0.15, 0.2) is 0 Å². The lowest BCUT2D eigenvalue weighted by Crippen LogP contribution is -2.18. The largest absolute Gasteiger partial charge is 0.497 e. The van der Waals surface area contributed by atoms with Crippen LogP contribution in [0.15, 0.2) is 18.2 Å². The Morgan fingerprint density at radius 1 is 1.35 bits per heavy atom. The fourth-order valence-corrected chi connectivity index (χ4v) is 2.73. The summed E-state index contributed by atoms with van der Waals surface area (Å²) in [7, 11) is 1.55. The fraction of sp³-hybridized carbons (Fsp3) is 0.600. The molecule has 0 bridgehead atoms. The van der Waals surface area contributed by atoms with Crippen LogP contribution in [0.3, 0.4) is 0 Å². The van der Waals surface area contributed by atoms with Gasteiger partial charge in [-0.05, 0) is 36.8 Å². The van der Waals surface area contributed by atoms with Crippen LogP contribution >= 0.6 is 0 Å². The molecule has 0 radical (unpaired) electrons. The third-order valence-electron chi connectivity index (χ3n) is 3.73. The Balaban J connectivity index is 2.15. The zero-order chi connectivity index (χ0) is 14.8. The maximum absolute atomic E-state index is 12.4. The van der Waals surface area contributed by atoms with E-state index in [1.54, 1.807) is 19.2 Å². The van der Waals surface area contributed by atoms with E-state index in [1.165, 1.54) is 6.07 Å². The Hall–Kier alpha value is -1.52. The van der Waals surface area contributed by atoms with E-state index in [2.05, 4.69) is 23.9 Å². The molecule has 1 aromatic rings. The molecule has 1 aliphatic rings. The van der Waals surface area contributed by atoms with Crippen LogP contribution in [0.1, 0.15) is 33.1 Å². The van der Waals surface area contributed by atoms with E-state index >= 15 is 0 Å². The van der Waals surface area contributed by atoms with Gasteiger partial charge in [0.05, 0.1) is 12.8 Å². The summed E-state index contributed by atoms with van der Waals surface area (Å²) in [5.74, 6) is 0.775. The number of nitrogens with one attached hydrogen (secondary N) is 1. The van der Waals surface area contributed by atoms with E-state index in [9.17, 15) is 8.78 Å². The van der Waals surface area contributed by atoms with Gasteiger partial charge in [-0.1, -0.05) is 13.8 Å². The molecule has 5 heteroatoms. The molecule has 112 valence electrons. The number of hydrogen-bond donors (Lipinski definition) is 1. The van der Waals surface area contributed by atoms with Crippen molar-refractivity contribution in [2.45, 2.75) is 45.8 Å². The highest BCUT2D eigenvalue weighted by atomic mass is 19.3. The van der Waals surface area contributed by atoms with Gasteiger partial charge < -0.3 is 14.8 Å². The van der Waals surface area contributed by atoms with Gasteiger partial charge in [0.2, 0.25) is 0 Å². The standard InChI is InChI=1S/C15H21F2NO2/c1-15(2)7-6-10(9-15)18-12-8-11(19-3)4-5-13(12)20-14(16)17/h4-5,8,10,14,18H,6-7,9H2,1-3H3. The number of methoxy groups -OCH3 is 1. The summed E-state index contributed by atoms with van der Waals surface area (Å²) >= 11 is 0. The van der Waals surface area contributed by atoms with Crippen molar-refractivity contribution in [1.29, 1.82) is 0 Å². The van der Waals surface area contributed by atoms with Gasteiger partial charge in [-0.2, -0.15) is 8.78 Å². The molecular weight excluding hydrogens is 264 g/mol. The monoisotopic (exact) mass is 285 g/mol. The highest BCUT2D eigenvalue weighted by molar-refractivity contribution is 5.60. The molecule has 1 aliphatic carbocycles. The van der Waals surface area contributed by atoms with Crippen LogP contribution in [-0.4, -0.2) is 19.8 Å². The Labute approximate surface area is 118 Å². The van der Waals surface area contributed by atoms with E-state index in [0.29, 0.717) is 16.9 Å². The molecule has 0 saturated heterocycles. The predicted octanol–water partition coefficient (Wildman–Crippen LogP) is 4.29. The second-order valence-electron chi connectivity index (χ2n) is 5.99. The molecule has 3 nitrogen and oxygen atoms in total. The first-order chi connectivity index (χ1) is 9.39. The van der Waals surface area contributed by atoms with E-state index in [0.717, 1.165) is 19.3 Å². The highest BCUT2D eigenvalue weighted by Gasteiger charge is 2.31.